The number of sulfonamides is 1. The third kappa shape index (κ3) is 1.95. The second-order valence-corrected chi connectivity index (χ2v) is 7.68. The minimum atomic E-state index is -3.49. The van der Waals surface area contributed by atoms with E-state index in [1.54, 1.807) is 32.9 Å². The fourth-order valence-electron chi connectivity index (χ4n) is 2.16. The minimum Gasteiger partial charge on any atom is -0.325 e. The van der Waals surface area contributed by atoms with Crippen molar-refractivity contribution in [3.63, 3.8) is 0 Å². The van der Waals surface area contributed by atoms with E-state index in [0.717, 1.165) is 16.8 Å². The van der Waals surface area contributed by atoms with E-state index < -0.39 is 15.4 Å². The lowest BCUT2D eigenvalue weighted by Crippen LogP contribution is -2.27. The van der Waals surface area contributed by atoms with E-state index in [4.69, 9.17) is 0 Å². The number of fused-ring (bicyclic) bond motifs is 1. The number of nitrogens with zero attached hydrogens (tertiary/aromatic N) is 1. The third-order valence-electron chi connectivity index (χ3n) is 3.57. The summed E-state index contributed by atoms with van der Waals surface area (Å²) in [7, 11) is -0.509. The van der Waals surface area contributed by atoms with Gasteiger partial charge in [0, 0.05) is 19.8 Å². The van der Waals surface area contributed by atoms with Gasteiger partial charge in [-0.2, -0.15) is 0 Å². The molecule has 6 heteroatoms. The molecular weight excluding hydrogens is 264 g/mol. The van der Waals surface area contributed by atoms with Gasteiger partial charge in [-0.1, -0.05) is 0 Å². The molecule has 1 aliphatic heterocycles. The first-order valence-electron chi connectivity index (χ1n) is 5.97. The van der Waals surface area contributed by atoms with Crippen molar-refractivity contribution < 1.29 is 13.2 Å². The van der Waals surface area contributed by atoms with E-state index in [9.17, 15) is 13.2 Å². The van der Waals surface area contributed by atoms with Crippen molar-refractivity contribution in [3.8, 4) is 0 Å². The van der Waals surface area contributed by atoms with Gasteiger partial charge in [0.05, 0.1) is 10.3 Å². The molecule has 0 fully saturated rings. The Morgan fingerprint density at radius 1 is 1.21 bits per heavy atom. The van der Waals surface area contributed by atoms with Crippen LogP contribution in [0.1, 0.15) is 25.0 Å². The molecule has 0 saturated carbocycles. The summed E-state index contributed by atoms with van der Waals surface area (Å²) in [5, 5.41) is 2.82. The first kappa shape index (κ1) is 14.0. The molecular formula is C13H18N2O3S. The molecule has 1 amide bonds. The molecule has 0 radical (unpaired) electrons. The van der Waals surface area contributed by atoms with Crippen LogP contribution in [0.15, 0.2) is 17.0 Å². The van der Waals surface area contributed by atoms with Crippen LogP contribution in [-0.4, -0.2) is 32.7 Å². The van der Waals surface area contributed by atoms with Gasteiger partial charge in [-0.25, -0.2) is 12.7 Å². The molecule has 1 aliphatic rings. The van der Waals surface area contributed by atoms with Gasteiger partial charge in [-0.15, -0.1) is 0 Å². The topological polar surface area (TPSA) is 66.5 Å². The lowest BCUT2D eigenvalue weighted by Gasteiger charge is -2.18. The Hall–Kier alpha value is -1.40. The Labute approximate surface area is 113 Å². The zero-order valence-electron chi connectivity index (χ0n) is 11.7. The summed E-state index contributed by atoms with van der Waals surface area (Å²) in [5.74, 6) is -0.106. The predicted octanol–water partition coefficient (Wildman–Crippen LogP) is 1.48. The second kappa shape index (κ2) is 4.05. The second-order valence-electron chi connectivity index (χ2n) is 5.53. The number of aryl methyl sites for hydroxylation is 1. The van der Waals surface area contributed by atoms with Gasteiger partial charge in [0.25, 0.3) is 0 Å². The van der Waals surface area contributed by atoms with E-state index in [0.29, 0.717) is 0 Å². The van der Waals surface area contributed by atoms with Gasteiger partial charge >= 0.3 is 0 Å². The summed E-state index contributed by atoms with van der Waals surface area (Å²) in [6, 6.07) is 3.19. The molecule has 0 spiro atoms. The van der Waals surface area contributed by atoms with Crippen LogP contribution in [0.3, 0.4) is 0 Å². The number of rotatable bonds is 2. The van der Waals surface area contributed by atoms with Gasteiger partial charge in [0.1, 0.15) is 0 Å². The molecule has 0 saturated heterocycles. The maximum atomic E-state index is 12.2. The number of hydrogen-bond donors (Lipinski definition) is 1. The maximum Gasteiger partial charge on any atom is 0.242 e. The van der Waals surface area contributed by atoms with E-state index in [2.05, 4.69) is 5.32 Å². The first-order valence-corrected chi connectivity index (χ1v) is 7.41. The molecule has 1 heterocycles. The lowest BCUT2D eigenvalue weighted by molar-refractivity contribution is -0.119. The van der Waals surface area contributed by atoms with Crippen molar-refractivity contribution in [2.75, 3.05) is 19.4 Å². The van der Waals surface area contributed by atoms with E-state index in [-0.39, 0.29) is 10.8 Å². The molecule has 1 aromatic rings. The summed E-state index contributed by atoms with van der Waals surface area (Å²) in [5.41, 5.74) is 1.51. The van der Waals surface area contributed by atoms with Crippen LogP contribution in [0.2, 0.25) is 0 Å². The number of amides is 1. The largest absolute Gasteiger partial charge is 0.325 e. The number of carbonyl (C=O) groups excluding carboxylic acids is 1. The Morgan fingerprint density at radius 3 is 2.32 bits per heavy atom. The summed E-state index contributed by atoms with van der Waals surface area (Å²) >= 11 is 0. The molecule has 19 heavy (non-hydrogen) atoms. The first-order chi connectivity index (χ1) is 8.58. The highest BCUT2D eigenvalue weighted by molar-refractivity contribution is 7.89. The van der Waals surface area contributed by atoms with Gasteiger partial charge in [0.2, 0.25) is 15.9 Å². The average Bonchev–Trinajstić information content (AvgIpc) is 2.52. The molecule has 0 unspecified atom stereocenters. The Morgan fingerprint density at radius 2 is 1.79 bits per heavy atom. The smallest absolute Gasteiger partial charge is 0.242 e. The van der Waals surface area contributed by atoms with Gasteiger partial charge in [-0.05, 0) is 44.0 Å². The van der Waals surface area contributed by atoms with Crippen LogP contribution < -0.4 is 5.32 Å². The zero-order valence-corrected chi connectivity index (χ0v) is 12.6. The van der Waals surface area contributed by atoms with Crippen molar-refractivity contribution in [3.05, 3.63) is 23.3 Å². The number of benzene rings is 1. The lowest BCUT2D eigenvalue weighted by atomic mass is 9.85. The summed E-state index contributed by atoms with van der Waals surface area (Å²) in [6.45, 7) is 5.38. The van der Waals surface area contributed by atoms with Crippen LogP contribution in [0.25, 0.3) is 0 Å². The summed E-state index contributed by atoms with van der Waals surface area (Å²) < 4.78 is 25.6. The minimum absolute atomic E-state index is 0.106. The van der Waals surface area contributed by atoms with E-state index in [1.165, 1.54) is 18.4 Å². The number of hydrogen-bond acceptors (Lipinski definition) is 3. The molecule has 0 atom stereocenters. The highest BCUT2D eigenvalue weighted by Gasteiger charge is 2.40. The molecule has 5 nitrogen and oxygen atoms in total. The van der Waals surface area contributed by atoms with Crippen molar-refractivity contribution in [2.45, 2.75) is 31.1 Å². The Balaban J connectivity index is 2.71. The third-order valence-corrected chi connectivity index (χ3v) is 5.36. The van der Waals surface area contributed by atoms with Gasteiger partial charge in [-0.3, -0.25) is 4.79 Å². The highest BCUT2D eigenvalue weighted by Crippen LogP contribution is 2.40. The predicted molar refractivity (Wildman–Crippen MR) is 73.7 cm³/mol. The SMILES string of the molecule is Cc1cc(S(=O)(=O)N(C)C)cc2c1NC(=O)C2(C)C. The molecule has 2 rings (SSSR count). The number of anilines is 1. The Kier molecular flexibility index (Phi) is 2.98. The quantitative estimate of drug-likeness (QED) is 0.893. The maximum absolute atomic E-state index is 12.2. The van der Waals surface area contributed by atoms with Crippen molar-refractivity contribution in [1.82, 2.24) is 4.31 Å². The summed E-state index contributed by atoms with van der Waals surface area (Å²) in [6.07, 6.45) is 0. The van der Waals surface area contributed by atoms with Crippen molar-refractivity contribution in [2.24, 2.45) is 0 Å². The van der Waals surface area contributed by atoms with E-state index in [1.807, 2.05) is 0 Å². The molecule has 1 N–H and O–H groups in total. The normalized spacial score (nSPS) is 17.5. The van der Waals surface area contributed by atoms with E-state index >= 15 is 0 Å². The molecule has 1 aromatic carbocycles. The van der Waals surface area contributed by atoms with Crippen molar-refractivity contribution in [1.29, 1.82) is 0 Å². The van der Waals surface area contributed by atoms with Crippen LogP contribution in [-0.2, 0) is 20.2 Å². The van der Waals surface area contributed by atoms with Crippen molar-refractivity contribution >= 4 is 21.6 Å². The number of carbonyl (C=O) groups is 1. The standard InChI is InChI=1S/C13H18N2O3S/c1-8-6-9(19(17,18)15(4)5)7-10-11(8)14-12(16)13(10,2)3/h6-7H,1-5H3,(H,14,16). The highest BCUT2D eigenvalue weighted by atomic mass is 32.2. The van der Waals surface area contributed by atoms with Gasteiger partial charge in [0.15, 0.2) is 0 Å². The number of nitrogens with one attached hydrogen (secondary N) is 1. The fraction of sp³-hybridized carbons (Fsp3) is 0.462. The van der Waals surface area contributed by atoms with Crippen LogP contribution in [0.4, 0.5) is 5.69 Å². The van der Waals surface area contributed by atoms with Gasteiger partial charge < -0.3 is 5.32 Å². The summed E-state index contributed by atoms with van der Waals surface area (Å²) in [4.78, 5) is 12.1. The van der Waals surface area contributed by atoms with Crippen LogP contribution >= 0.6 is 0 Å². The molecule has 0 aromatic heterocycles. The molecule has 104 valence electrons. The monoisotopic (exact) mass is 282 g/mol. The zero-order chi connectivity index (χ0) is 14.6. The van der Waals surface area contributed by atoms with Crippen LogP contribution in [0.5, 0.6) is 0 Å². The van der Waals surface area contributed by atoms with Crippen LogP contribution in [0, 0.1) is 6.92 Å². The fourth-order valence-corrected chi connectivity index (χ4v) is 3.18. The average molecular weight is 282 g/mol. The molecule has 0 bridgehead atoms. The molecule has 0 aliphatic carbocycles. The Bertz CT molecular complexity index is 661.